The molecule has 2 aliphatic rings. The highest BCUT2D eigenvalue weighted by atomic mass is 35.5. The third-order valence-corrected chi connectivity index (χ3v) is 6.07. The van der Waals surface area contributed by atoms with Crippen LogP contribution >= 0.6 is 11.6 Å². The Hall–Kier alpha value is -3.18. The fourth-order valence-electron chi connectivity index (χ4n) is 4.20. The van der Waals surface area contributed by atoms with E-state index in [0.717, 1.165) is 34.6 Å². The van der Waals surface area contributed by atoms with Crippen LogP contribution in [-0.2, 0) is 0 Å². The van der Waals surface area contributed by atoms with Gasteiger partial charge in [0.05, 0.1) is 26.0 Å². The van der Waals surface area contributed by atoms with Crippen LogP contribution in [-0.4, -0.2) is 24.9 Å². The molecule has 0 unspecified atom stereocenters. The normalized spacial score (nSPS) is 19.2. The Balaban J connectivity index is 1.58. The number of hydrazone groups is 1. The van der Waals surface area contributed by atoms with E-state index in [1.54, 1.807) is 14.2 Å². The summed E-state index contributed by atoms with van der Waals surface area (Å²) in [6.07, 6.45) is 0.436. The Kier molecular flexibility index (Phi) is 4.98. The lowest BCUT2D eigenvalue weighted by Gasteiger charge is -2.38. The van der Waals surface area contributed by atoms with Crippen molar-refractivity contribution in [3.05, 3.63) is 87.9 Å². The van der Waals surface area contributed by atoms with Crippen molar-refractivity contribution >= 4 is 17.3 Å². The summed E-state index contributed by atoms with van der Waals surface area (Å²) in [5.74, 6) is 2.22. The molecule has 5 rings (SSSR count). The van der Waals surface area contributed by atoms with Gasteiger partial charge in [0.2, 0.25) is 6.23 Å². The third-order valence-electron chi connectivity index (χ3n) is 5.83. The van der Waals surface area contributed by atoms with Gasteiger partial charge in [-0.15, -0.1) is 0 Å². The highest BCUT2D eigenvalue weighted by Crippen LogP contribution is 2.48. The predicted molar refractivity (Wildman–Crippen MR) is 121 cm³/mol. The second kappa shape index (κ2) is 7.82. The van der Waals surface area contributed by atoms with Crippen molar-refractivity contribution in [2.75, 3.05) is 14.2 Å². The third kappa shape index (κ3) is 3.49. The summed E-state index contributed by atoms with van der Waals surface area (Å²) in [6, 6.07) is 20.1. The molecule has 0 bridgehead atoms. The standard InChI is InChI=1S/C25H23ClN2O3/c1-15-4-6-16(7-5-15)25-28-21(19-13-18(26)9-11-22(19)31-25)14-20(27-28)17-8-10-23(29-2)24(12-17)30-3/h4-13,21,25H,14H2,1-3H3/t21-,25+/m0/s1. The first-order valence-electron chi connectivity index (χ1n) is 10.2. The van der Waals surface area contributed by atoms with Crippen molar-refractivity contribution in [2.24, 2.45) is 5.10 Å². The van der Waals surface area contributed by atoms with Gasteiger partial charge in [0, 0.05) is 28.1 Å². The van der Waals surface area contributed by atoms with Gasteiger partial charge in [-0.3, -0.25) is 0 Å². The topological polar surface area (TPSA) is 43.3 Å². The lowest BCUT2D eigenvalue weighted by Crippen LogP contribution is -2.33. The molecular formula is C25H23ClN2O3. The van der Waals surface area contributed by atoms with E-state index in [9.17, 15) is 0 Å². The van der Waals surface area contributed by atoms with Crippen LogP contribution in [0.3, 0.4) is 0 Å². The van der Waals surface area contributed by atoms with Crippen LogP contribution in [0, 0.1) is 6.92 Å². The lowest BCUT2D eigenvalue weighted by molar-refractivity contribution is -0.0190. The summed E-state index contributed by atoms with van der Waals surface area (Å²) >= 11 is 6.32. The van der Waals surface area contributed by atoms with E-state index < -0.39 is 0 Å². The van der Waals surface area contributed by atoms with Gasteiger partial charge in [-0.2, -0.15) is 5.10 Å². The first-order chi connectivity index (χ1) is 15.1. The smallest absolute Gasteiger partial charge is 0.213 e. The fourth-order valence-corrected chi connectivity index (χ4v) is 4.38. The van der Waals surface area contributed by atoms with Crippen molar-refractivity contribution in [1.82, 2.24) is 5.01 Å². The maximum absolute atomic E-state index is 6.41. The monoisotopic (exact) mass is 434 g/mol. The molecule has 31 heavy (non-hydrogen) atoms. The largest absolute Gasteiger partial charge is 0.493 e. The summed E-state index contributed by atoms with van der Waals surface area (Å²) in [5.41, 5.74) is 5.29. The SMILES string of the molecule is COc1ccc(C2=NN3[C@@H](c4ccc(C)cc4)Oc4ccc(Cl)cc4[C@@H]3C2)cc1OC. The summed E-state index contributed by atoms with van der Waals surface area (Å²) in [4.78, 5) is 0. The molecule has 2 aliphatic heterocycles. The maximum atomic E-state index is 6.41. The lowest BCUT2D eigenvalue weighted by atomic mass is 9.95. The molecule has 0 fully saturated rings. The molecule has 0 saturated heterocycles. The number of methoxy groups -OCH3 is 2. The van der Waals surface area contributed by atoms with E-state index >= 15 is 0 Å². The van der Waals surface area contributed by atoms with Crippen LogP contribution in [0.25, 0.3) is 0 Å². The van der Waals surface area contributed by atoms with Gasteiger partial charge in [0.1, 0.15) is 5.75 Å². The first kappa shape index (κ1) is 19.8. The predicted octanol–water partition coefficient (Wildman–Crippen LogP) is 5.91. The molecule has 5 nitrogen and oxygen atoms in total. The van der Waals surface area contributed by atoms with Crippen LogP contribution < -0.4 is 14.2 Å². The molecule has 0 N–H and O–H groups in total. The van der Waals surface area contributed by atoms with Crippen LogP contribution in [0.1, 0.15) is 40.9 Å². The number of nitrogens with zero attached hydrogens (tertiary/aromatic N) is 2. The summed E-state index contributed by atoms with van der Waals surface area (Å²) in [7, 11) is 3.27. The highest BCUT2D eigenvalue weighted by Gasteiger charge is 2.41. The molecule has 0 spiro atoms. The molecule has 6 heteroatoms. The molecule has 3 aromatic rings. The number of rotatable bonds is 4. The molecule has 158 valence electrons. The second-order valence-corrected chi connectivity index (χ2v) is 8.22. The van der Waals surface area contributed by atoms with Gasteiger partial charge in [-0.25, -0.2) is 5.01 Å². The summed E-state index contributed by atoms with van der Waals surface area (Å²) < 4.78 is 17.3. The molecular weight excluding hydrogens is 412 g/mol. The second-order valence-electron chi connectivity index (χ2n) is 7.78. The van der Waals surface area contributed by atoms with Gasteiger partial charge in [-0.1, -0.05) is 41.4 Å². The molecule has 0 saturated carbocycles. The van der Waals surface area contributed by atoms with E-state index in [1.807, 2.05) is 36.4 Å². The quantitative estimate of drug-likeness (QED) is 0.512. The average molecular weight is 435 g/mol. The molecule has 0 aliphatic carbocycles. The van der Waals surface area contributed by atoms with E-state index in [4.69, 9.17) is 30.9 Å². The van der Waals surface area contributed by atoms with Crippen molar-refractivity contribution in [1.29, 1.82) is 0 Å². The van der Waals surface area contributed by atoms with Crippen molar-refractivity contribution in [3.63, 3.8) is 0 Å². The van der Waals surface area contributed by atoms with Crippen LogP contribution in [0.2, 0.25) is 5.02 Å². The van der Waals surface area contributed by atoms with Gasteiger partial charge in [-0.05, 0) is 43.3 Å². The van der Waals surface area contributed by atoms with Gasteiger partial charge in [0.15, 0.2) is 11.5 Å². The number of ether oxygens (including phenoxy) is 3. The zero-order valence-corrected chi connectivity index (χ0v) is 18.4. The fraction of sp³-hybridized carbons (Fsp3) is 0.240. The van der Waals surface area contributed by atoms with E-state index in [2.05, 4.69) is 36.2 Å². The molecule has 2 atom stereocenters. The highest BCUT2D eigenvalue weighted by molar-refractivity contribution is 6.30. The Morgan fingerprint density at radius 2 is 1.74 bits per heavy atom. The van der Waals surface area contributed by atoms with Crippen molar-refractivity contribution in [2.45, 2.75) is 25.6 Å². The zero-order valence-electron chi connectivity index (χ0n) is 17.6. The van der Waals surface area contributed by atoms with E-state index in [-0.39, 0.29) is 12.3 Å². The first-order valence-corrected chi connectivity index (χ1v) is 10.6. The van der Waals surface area contributed by atoms with E-state index in [0.29, 0.717) is 16.5 Å². The summed E-state index contributed by atoms with van der Waals surface area (Å²) in [5, 5.41) is 7.75. The molecule has 0 amide bonds. The van der Waals surface area contributed by atoms with Crippen molar-refractivity contribution < 1.29 is 14.2 Å². The Morgan fingerprint density at radius 1 is 0.968 bits per heavy atom. The summed E-state index contributed by atoms with van der Waals surface area (Å²) in [6.45, 7) is 2.08. The van der Waals surface area contributed by atoms with Gasteiger partial charge in [0.25, 0.3) is 0 Å². The number of hydrogen-bond acceptors (Lipinski definition) is 5. The minimum atomic E-state index is -0.308. The number of halogens is 1. The van der Waals surface area contributed by atoms with Crippen LogP contribution in [0.15, 0.2) is 65.8 Å². The number of benzene rings is 3. The maximum Gasteiger partial charge on any atom is 0.213 e. The Bertz CT molecular complexity index is 1160. The number of fused-ring (bicyclic) bond motifs is 3. The molecule has 2 heterocycles. The number of hydrogen-bond donors (Lipinski definition) is 0. The molecule has 3 aromatic carbocycles. The zero-order chi connectivity index (χ0) is 21.5. The van der Waals surface area contributed by atoms with Gasteiger partial charge < -0.3 is 14.2 Å². The number of aryl methyl sites for hydroxylation is 1. The van der Waals surface area contributed by atoms with Crippen LogP contribution in [0.4, 0.5) is 0 Å². The minimum absolute atomic E-state index is 0.0387. The van der Waals surface area contributed by atoms with E-state index in [1.165, 1.54) is 5.56 Å². The Morgan fingerprint density at radius 3 is 2.48 bits per heavy atom. The van der Waals surface area contributed by atoms with Crippen molar-refractivity contribution in [3.8, 4) is 17.2 Å². The average Bonchev–Trinajstić information content (AvgIpc) is 3.24. The van der Waals surface area contributed by atoms with Crippen LogP contribution in [0.5, 0.6) is 17.2 Å². The molecule has 0 radical (unpaired) electrons. The van der Waals surface area contributed by atoms with Gasteiger partial charge >= 0.3 is 0 Å². The molecule has 0 aromatic heterocycles. The Labute approximate surface area is 186 Å². The minimum Gasteiger partial charge on any atom is -0.493 e.